The second-order valence-electron chi connectivity index (χ2n) is 48.0. The molecule has 0 amide bonds. The average molecular weight is 2060 g/mol. The third-order valence-corrected chi connectivity index (χ3v) is 50.1. The van der Waals surface area contributed by atoms with E-state index in [2.05, 4.69) is 150 Å². The number of carbonyl (C=O) groups excluding carboxylic acids is 5. The first kappa shape index (κ1) is 107. The van der Waals surface area contributed by atoms with Crippen LogP contribution in [0.25, 0.3) is 0 Å². The van der Waals surface area contributed by atoms with Crippen LogP contribution < -0.4 is 0 Å². The van der Waals surface area contributed by atoms with Gasteiger partial charge in [-0.25, -0.2) is 14.4 Å². The summed E-state index contributed by atoms with van der Waals surface area (Å²) >= 11 is 0. The molecule has 0 aromatic heterocycles. The smallest absolute Gasteiger partial charge is 0.338 e. The summed E-state index contributed by atoms with van der Waals surface area (Å²) in [6.45, 7) is 60.3. The Labute approximate surface area is 858 Å². The molecule has 3 aromatic carbocycles. The zero-order valence-electron chi connectivity index (χ0n) is 89.2. The van der Waals surface area contributed by atoms with Crippen LogP contribution in [0.2, 0.25) is 62.5 Å². The maximum atomic E-state index is 14.7. The van der Waals surface area contributed by atoms with E-state index in [1.165, 1.54) is 0 Å². The van der Waals surface area contributed by atoms with E-state index in [4.69, 9.17) is 84.0 Å². The van der Waals surface area contributed by atoms with Crippen molar-refractivity contribution in [3.8, 4) is 0 Å². The number of ether oxygens (including phenoxy) is 14. The number of carbonyl (C=O) groups is 5. The highest BCUT2D eigenvalue weighted by atomic mass is 28.4. The minimum Gasteiger partial charge on any atom is -0.455 e. The first-order valence-corrected chi connectivity index (χ1v) is 64.7. The van der Waals surface area contributed by atoms with E-state index < -0.39 is 222 Å². The summed E-state index contributed by atoms with van der Waals surface area (Å²) in [5.41, 5.74) is -4.73. The lowest BCUT2D eigenvalue weighted by Crippen LogP contribution is -2.80. The van der Waals surface area contributed by atoms with Gasteiger partial charge in [-0.1, -0.05) is 178 Å². The SMILES string of the molecule is C=CC1OC2C3=C(C)C(O[Si](CC)(CC)CC)CC(O[SiH](C)C)(C(OC(=O)c4ccccc4)C4C5(O)COC5CC[C@@]4(C)C2O1)C3(C)C.C=CC1OC2C3=C(C)C(O[Si](CC)(CC)CC)CC(O[SiH](C)C)(C(OC(=O)c4ccccc4)C4C5(OC(=O)C6CC6)COC5CC[C@@]4(C)C2O1)C3(C)C.C=CC1O[C@@H]2C3=C(C)[C@@H](O)C[C@@](O)([C@@H](OC(=O)c4ccccc4)[C@H]4[C@@](C)(CC[C@H]5OC[C@]54OC(=O)C4CC4)[C@@H]2O1)C3(C)C. The molecule has 0 spiro atoms. The summed E-state index contributed by atoms with van der Waals surface area (Å²) in [5, 5.41) is 37.4. The molecule has 14 fully saturated rings. The van der Waals surface area contributed by atoms with Crippen molar-refractivity contribution in [2.45, 2.75) is 415 Å². The zero-order chi connectivity index (χ0) is 104. The predicted octanol–water partition coefficient (Wildman–Crippen LogP) is 18.7. The minimum absolute atomic E-state index is 0.0735. The molecule has 17 aliphatic rings. The fraction of sp³-hybridized carbons (Fsp3) is 0.693. The van der Waals surface area contributed by atoms with Crippen LogP contribution in [0.1, 0.15) is 239 Å². The van der Waals surface area contributed by atoms with E-state index >= 15 is 0 Å². The topological polar surface area (TPSA) is 312 Å². The standard InChI is InChI=1S/C42H62O9Si2.C38H58O8Si2.C34H42O9/c1-11-31-46-33-32-26(5)29(50-53(12-2,13-3)14-4)24-42(39(32,6)7,51-52(9)10)36(48-37(43)27-18-16-15-17-19-27)34-40(8,35(33)47-31)23-22-30-41(34,25-45-30)49-38(44)28-20-21-28;1-11-28-42-30-29-24(5)26(45-48(12-2,13-3)14-4)22-38(35(29,6)7,46-47(9)10)33(44-34(39)25-18-16-15-17-19-25)31-36(8,32(30)43-28)21-20-27-37(31,40)23-41-27;1-6-23-40-25-24-18(2)21(35)16-34(38,31(24,3)4)28(42-29(36)19-10-8-7-9-11-19)26-32(5,27(25)41-23)15-14-22-33(26,17-39-22)43-30(37)20-12-13-20/h11,15-19,28-31,33-36,52H,1,12-14,20-25H2,2-10H3;11,15-19,26-28,30-33,40,47H,1,12-14,20-23H2,2-10H3;6-11,20-23,25-28,35,38H,1,12-17H2,2-5H3/t29?,30?,31?,33?,34?,35?,36?,40-,41?,42?;26?,27?,28?,30?,31?,32?,33?,36-,37?,38?;21-,22+,23?,25+,26-,27+,28-,32+,33-,34+/m110/s1. The summed E-state index contributed by atoms with van der Waals surface area (Å²) in [6.07, 6.45) is 2.53. The molecular formula is C114H162O26Si4. The maximum absolute atomic E-state index is 14.7. The van der Waals surface area contributed by atoms with Gasteiger partial charge in [-0.2, -0.15) is 0 Å². The fourth-order valence-corrected chi connectivity index (χ4v) is 38.8. The van der Waals surface area contributed by atoms with Gasteiger partial charge in [-0.05, 0) is 235 Å². The van der Waals surface area contributed by atoms with E-state index in [9.17, 15) is 39.3 Å². The van der Waals surface area contributed by atoms with Crippen LogP contribution in [-0.2, 0) is 93.6 Å². The zero-order valence-corrected chi connectivity index (χ0v) is 93.5. The van der Waals surface area contributed by atoms with Crippen molar-refractivity contribution < 1.29 is 123 Å². The number of rotatable bonds is 27. The third-order valence-electron chi connectivity index (χ3n) is 39.0. The van der Waals surface area contributed by atoms with Gasteiger partial charge in [-0.15, -0.1) is 0 Å². The number of benzene rings is 3. The first-order valence-electron chi connectivity index (χ1n) is 54.1. The summed E-state index contributed by atoms with van der Waals surface area (Å²) in [4.78, 5) is 70.3. The Morgan fingerprint density at radius 1 is 0.417 bits per heavy atom. The molecular weight excluding hydrogens is 1900 g/mol. The summed E-state index contributed by atoms with van der Waals surface area (Å²) in [7, 11) is -8.04. The molecule has 11 aliphatic carbocycles. The molecule has 30 heteroatoms. The minimum atomic E-state index is -2.17. The van der Waals surface area contributed by atoms with Crippen LogP contribution in [0.4, 0.5) is 0 Å². The fourth-order valence-electron chi connectivity index (χ4n) is 30.3. The van der Waals surface area contributed by atoms with Crippen LogP contribution in [0.5, 0.6) is 0 Å². The Hall–Kier alpha value is -6.32. The number of esters is 5. The van der Waals surface area contributed by atoms with Gasteiger partial charge in [0.15, 0.2) is 64.8 Å². The van der Waals surface area contributed by atoms with Gasteiger partial charge in [-0.3, -0.25) is 9.59 Å². The van der Waals surface area contributed by atoms with Gasteiger partial charge in [0.2, 0.25) is 0 Å². The van der Waals surface area contributed by atoms with Crippen LogP contribution in [0, 0.1) is 62.1 Å². The van der Waals surface area contributed by atoms with Crippen molar-refractivity contribution in [3.05, 3.63) is 179 Å². The van der Waals surface area contributed by atoms with Crippen LogP contribution in [0.3, 0.4) is 0 Å². The van der Waals surface area contributed by atoms with Crippen molar-refractivity contribution in [3.63, 3.8) is 0 Å². The van der Waals surface area contributed by atoms with E-state index in [0.29, 0.717) is 73.6 Å². The molecule has 6 saturated heterocycles. The van der Waals surface area contributed by atoms with Crippen molar-refractivity contribution in [1.29, 1.82) is 0 Å². The van der Waals surface area contributed by atoms with Crippen LogP contribution >= 0.6 is 0 Å². The molecule has 6 bridgehead atoms. The molecule has 30 atom stereocenters. The molecule has 0 radical (unpaired) electrons. The Morgan fingerprint density at radius 3 is 1.05 bits per heavy atom. The van der Waals surface area contributed by atoms with Crippen LogP contribution in [0.15, 0.2) is 162 Å². The Morgan fingerprint density at radius 2 is 0.736 bits per heavy atom. The predicted molar refractivity (Wildman–Crippen MR) is 552 cm³/mol. The van der Waals surface area contributed by atoms with Gasteiger partial charge in [0, 0.05) is 57.7 Å². The summed E-state index contributed by atoms with van der Waals surface area (Å²) in [6, 6.07) is 33.0. The molecule has 790 valence electrons. The normalized spacial score (nSPS) is 41.0. The second-order valence-corrected chi connectivity index (χ2v) is 62.1. The Balaban J connectivity index is 0.000000143. The van der Waals surface area contributed by atoms with E-state index in [1.807, 2.05) is 63.2 Å². The van der Waals surface area contributed by atoms with Gasteiger partial charge in [0.25, 0.3) is 0 Å². The highest BCUT2D eigenvalue weighted by Gasteiger charge is 2.82. The largest absolute Gasteiger partial charge is 0.455 e. The van der Waals surface area contributed by atoms with Crippen molar-refractivity contribution in [1.82, 2.24) is 0 Å². The highest BCUT2D eigenvalue weighted by molar-refractivity contribution is 6.74. The molecule has 20 rings (SSSR count). The molecule has 19 unspecified atom stereocenters. The van der Waals surface area contributed by atoms with Crippen molar-refractivity contribution in [2.75, 3.05) is 19.8 Å². The second kappa shape index (κ2) is 39.4. The molecule has 144 heavy (non-hydrogen) atoms. The van der Waals surface area contributed by atoms with Gasteiger partial charge < -0.3 is 99.3 Å². The number of hydrogen-bond acceptors (Lipinski definition) is 26. The molecule has 26 nitrogen and oxygen atoms in total. The van der Waals surface area contributed by atoms with Gasteiger partial charge in [0.05, 0.1) is 103 Å². The maximum Gasteiger partial charge on any atom is 0.338 e. The monoisotopic (exact) mass is 2060 g/mol. The van der Waals surface area contributed by atoms with E-state index in [0.717, 1.165) is 89.8 Å². The quantitative estimate of drug-likeness (QED) is 0.0276. The van der Waals surface area contributed by atoms with Crippen LogP contribution in [-0.4, -0.2) is 244 Å². The lowest BCUT2D eigenvalue weighted by atomic mass is 9.45. The lowest BCUT2D eigenvalue weighted by molar-refractivity contribution is -0.346. The number of fused-ring (bicyclic) bond motifs is 24. The lowest BCUT2D eigenvalue weighted by Gasteiger charge is -2.69. The Bertz CT molecular complexity index is 5400. The molecule has 6 aliphatic heterocycles. The molecule has 6 heterocycles. The van der Waals surface area contributed by atoms with Crippen molar-refractivity contribution >= 4 is 64.6 Å². The average Bonchev–Trinajstić information content (AvgIpc) is 1.63. The Kier molecular flexibility index (Phi) is 29.4. The van der Waals surface area contributed by atoms with Gasteiger partial charge in [0.1, 0.15) is 71.2 Å². The van der Waals surface area contributed by atoms with Crippen molar-refractivity contribution in [2.24, 2.45) is 62.1 Å². The van der Waals surface area contributed by atoms with E-state index in [1.54, 1.807) is 66.8 Å². The van der Waals surface area contributed by atoms with Gasteiger partial charge >= 0.3 is 29.8 Å². The molecule has 8 saturated carbocycles. The first-order chi connectivity index (χ1) is 68.2. The number of aliphatic hydroxyl groups excluding tert-OH is 1. The summed E-state index contributed by atoms with van der Waals surface area (Å²) < 4.78 is 123. The highest BCUT2D eigenvalue weighted by Crippen LogP contribution is 2.73. The van der Waals surface area contributed by atoms with E-state index in [-0.39, 0.29) is 74.4 Å². The summed E-state index contributed by atoms with van der Waals surface area (Å²) in [5.74, 6) is -4.07. The molecule has 3 N–H and O–H groups in total. The molecule has 3 aromatic rings. The third kappa shape index (κ3) is 17.1. The number of aliphatic hydroxyl groups is 3. The number of hydrogen-bond donors (Lipinski definition) is 3.